The molecular weight excluding hydrogens is 138 g/mol. The highest BCUT2D eigenvalue weighted by molar-refractivity contribution is 5.83. The topological polar surface area (TPSA) is 52.5 Å². The van der Waals surface area contributed by atoms with Gasteiger partial charge in [0.25, 0.3) is 0 Å². The molecule has 0 aliphatic heterocycles. The van der Waals surface area contributed by atoms with Crippen LogP contribution in [-0.2, 0) is 0 Å². The lowest BCUT2D eigenvalue weighted by Gasteiger charge is -1.84. The van der Waals surface area contributed by atoms with E-state index in [1.807, 2.05) is 12.1 Å². The number of aromatic nitrogens is 2. The van der Waals surface area contributed by atoms with Gasteiger partial charge in [-0.05, 0) is 12.1 Å². The van der Waals surface area contributed by atoms with Gasteiger partial charge in [-0.2, -0.15) is 5.26 Å². The van der Waals surface area contributed by atoms with E-state index >= 15 is 0 Å². The Morgan fingerprint density at radius 2 is 2.45 bits per heavy atom. The third-order valence-corrected chi connectivity index (χ3v) is 1.57. The van der Waals surface area contributed by atoms with Gasteiger partial charge >= 0.3 is 0 Å². The molecule has 0 atom stereocenters. The number of pyridine rings is 1. The van der Waals surface area contributed by atoms with Gasteiger partial charge < -0.3 is 4.98 Å². The molecule has 2 aromatic rings. The number of nitriles is 1. The molecule has 1 N–H and O–H groups in total. The Kier molecular flexibility index (Phi) is 1.13. The van der Waals surface area contributed by atoms with Crippen LogP contribution in [0.4, 0.5) is 0 Å². The molecule has 0 saturated carbocycles. The molecule has 0 bridgehead atoms. The molecule has 0 aliphatic rings. The number of nitrogens with zero attached hydrogens (tertiary/aromatic N) is 2. The molecule has 11 heavy (non-hydrogen) atoms. The Morgan fingerprint density at radius 1 is 1.55 bits per heavy atom. The lowest BCUT2D eigenvalue weighted by molar-refractivity contribution is 1.34. The van der Waals surface area contributed by atoms with Crippen LogP contribution in [0.1, 0.15) is 5.69 Å². The first-order chi connectivity index (χ1) is 5.42. The van der Waals surface area contributed by atoms with Crippen LogP contribution in [0.15, 0.2) is 24.5 Å². The third kappa shape index (κ3) is 0.767. The second-order valence-corrected chi connectivity index (χ2v) is 2.21. The maximum absolute atomic E-state index is 8.62. The van der Waals surface area contributed by atoms with Crippen molar-refractivity contribution in [1.29, 1.82) is 5.26 Å². The zero-order valence-corrected chi connectivity index (χ0v) is 5.70. The summed E-state index contributed by atoms with van der Waals surface area (Å²) in [4.78, 5) is 6.91. The predicted octanol–water partition coefficient (Wildman–Crippen LogP) is 1.43. The van der Waals surface area contributed by atoms with E-state index in [2.05, 4.69) is 16.0 Å². The molecule has 0 spiro atoms. The Labute approximate surface area is 63.3 Å². The van der Waals surface area contributed by atoms with E-state index in [1.54, 1.807) is 12.4 Å². The van der Waals surface area contributed by atoms with Crippen molar-refractivity contribution in [3.8, 4) is 6.07 Å². The minimum atomic E-state index is 0.577. The summed E-state index contributed by atoms with van der Waals surface area (Å²) in [5.74, 6) is 0. The highest BCUT2D eigenvalue weighted by atomic mass is 14.8. The first kappa shape index (κ1) is 5.93. The van der Waals surface area contributed by atoms with E-state index in [-0.39, 0.29) is 0 Å². The van der Waals surface area contributed by atoms with Crippen molar-refractivity contribution in [2.24, 2.45) is 0 Å². The number of nitrogens with one attached hydrogen (secondary N) is 1. The molecule has 2 rings (SSSR count). The largest absolute Gasteiger partial charge is 0.350 e. The van der Waals surface area contributed by atoms with E-state index in [0.717, 1.165) is 10.9 Å². The van der Waals surface area contributed by atoms with Crippen molar-refractivity contribution in [2.75, 3.05) is 0 Å². The summed E-state index contributed by atoms with van der Waals surface area (Å²) in [6, 6.07) is 5.74. The molecule has 52 valence electrons. The first-order valence-corrected chi connectivity index (χ1v) is 3.24. The molecule has 0 aliphatic carbocycles. The normalized spacial score (nSPS) is 9.73. The maximum atomic E-state index is 8.62. The van der Waals surface area contributed by atoms with Gasteiger partial charge in [-0.3, -0.25) is 4.98 Å². The summed E-state index contributed by atoms with van der Waals surface area (Å²) in [5, 5.41) is 9.50. The first-order valence-electron chi connectivity index (χ1n) is 3.24. The lowest BCUT2D eigenvalue weighted by atomic mass is 10.3. The fourth-order valence-corrected chi connectivity index (χ4v) is 1.05. The Morgan fingerprint density at radius 3 is 3.27 bits per heavy atom. The quantitative estimate of drug-likeness (QED) is 0.606. The van der Waals surface area contributed by atoms with Crippen LogP contribution in [-0.4, -0.2) is 9.97 Å². The Hall–Kier alpha value is -1.82. The molecule has 2 aromatic heterocycles. The molecule has 0 amide bonds. The van der Waals surface area contributed by atoms with Gasteiger partial charge in [-0.15, -0.1) is 0 Å². The van der Waals surface area contributed by atoms with Gasteiger partial charge in [-0.1, -0.05) is 0 Å². The van der Waals surface area contributed by atoms with Gasteiger partial charge in [0.05, 0.1) is 5.52 Å². The van der Waals surface area contributed by atoms with Crippen molar-refractivity contribution in [3.05, 3.63) is 30.2 Å². The number of rotatable bonds is 0. The second kappa shape index (κ2) is 2.10. The third-order valence-electron chi connectivity index (χ3n) is 1.57. The summed E-state index contributed by atoms with van der Waals surface area (Å²) in [5.41, 5.74) is 1.41. The van der Waals surface area contributed by atoms with Gasteiger partial charge in [0, 0.05) is 17.8 Å². The predicted molar refractivity (Wildman–Crippen MR) is 40.8 cm³/mol. The molecule has 0 unspecified atom stereocenters. The molecule has 3 heteroatoms. The van der Waals surface area contributed by atoms with E-state index < -0.39 is 0 Å². The maximum Gasteiger partial charge on any atom is 0.127 e. The summed E-state index contributed by atoms with van der Waals surface area (Å²) in [6.45, 7) is 0. The number of aromatic amines is 1. The highest BCUT2D eigenvalue weighted by Crippen LogP contribution is 2.13. The van der Waals surface area contributed by atoms with E-state index in [9.17, 15) is 0 Å². The summed E-state index contributed by atoms with van der Waals surface area (Å²) in [6.07, 6.45) is 3.44. The lowest BCUT2D eigenvalue weighted by Crippen LogP contribution is -1.72. The van der Waals surface area contributed by atoms with E-state index in [1.165, 1.54) is 0 Å². The van der Waals surface area contributed by atoms with Crippen LogP contribution in [0.3, 0.4) is 0 Å². The van der Waals surface area contributed by atoms with Crippen LogP contribution in [0.2, 0.25) is 0 Å². The van der Waals surface area contributed by atoms with Crippen LogP contribution in [0.25, 0.3) is 10.9 Å². The minimum absolute atomic E-state index is 0.577. The highest BCUT2D eigenvalue weighted by Gasteiger charge is 2.00. The summed E-state index contributed by atoms with van der Waals surface area (Å²) in [7, 11) is 0. The van der Waals surface area contributed by atoms with Crippen molar-refractivity contribution < 1.29 is 0 Å². The van der Waals surface area contributed by atoms with E-state index in [0.29, 0.717) is 5.69 Å². The minimum Gasteiger partial charge on any atom is -0.350 e. The number of fused-ring (bicyclic) bond motifs is 1. The monoisotopic (exact) mass is 143 g/mol. The fraction of sp³-hybridized carbons (Fsp3) is 0. The molecule has 0 aromatic carbocycles. The second-order valence-electron chi connectivity index (χ2n) is 2.21. The zero-order chi connectivity index (χ0) is 7.68. The smallest absolute Gasteiger partial charge is 0.127 e. The van der Waals surface area contributed by atoms with Crippen molar-refractivity contribution in [2.45, 2.75) is 0 Å². The van der Waals surface area contributed by atoms with Gasteiger partial charge in [-0.25, -0.2) is 0 Å². The molecular formula is C8H5N3. The van der Waals surface area contributed by atoms with Gasteiger partial charge in [0.2, 0.25) is 0 Å². The summed E-state index contributed by atoms with van der Waals surface area (Å²) >= 11 is 0. The van der Waals surface area contributed by atoms with Crippen molar-refractivity contribution in [3.63, 3.8) is 0 Å². The number of hydrogen-bond donors (Lipinski definition) is 1. The molecule has 0 fully saturated rings. The Bertz CT molecular complexity index is 422. The molecule has 2 heterocycles. The van der Waals surface area contributed by atoms with E-state index in [4.69, 9.17) is 5.26 Å². The zero-order valence-electron chi connectivity index (χ0n) is 5.70. The van der Waals surface area contributed by atoms with Gasteiger partial charge in [0.1, 0.15) is 11.8 Å². The molecule has 0 saturated heterocycles. The average Bonchev–Trinajstić information content (AvgIpc) is 2.47. The van der Waals surface area contributed by atoms with Crippen LogP contribution in [0.5, 0.6) is 0 Å². The van der Waals surface area contributed by atoms with Gasteiger partial charge in [0.15, 0.2) is 0 Å². The summed E-state index contributed by atoms with van der Waals surface area (Å²) < 4.78 is 0. The fourth-order valence-electron chi connectivity index (χ4n) is 1.05. The van der Waals surface area contributed by atoms with Crippen molar-refractivity contribution in [1.82, 2.24) is 9.97 Å². The SMILES string of the molecule is N#Cc1[nH]cc2ncccc12. The molecule has 3 nitrogen and oxygen atoms in total. The number of H-pyrrole nitrogens is 1. The Balaban J connectivity index is 2.89. The van der Waals surface area contributed by atoms with Crippen LogP contribution >= 0.6 is 0 Å². The average molecular weight is 143 g/mol. The van der Waals surface area contributed by atoms with Crippen LogP contribution in [0, 0.1) is 11.3 Å². The van der Waals surface area contributed by atoms with Crippen LogP contribution < -0.4 is 0 Å². The number of hydrogen-bond acceptors (Lipinski definition) is 2. The standard InChI is InChI=1S/C8H5N3/c9-4-7-6-2-1-3-10-8(6)5-11-7/h1-3,5,11H. The molecule has 0 radical (unpaired) electrons. The van der Waals surface area contributed by atoms with Crippen molar-refractivity contribution >= 4 is 10.9 Å².